The van der Waals surface area contributed by atoms with Crippen molar-refractivity contribution in [1.82, 2.24) is 15.2 Å². The van der Waals surface area contributed by atoms with Gasteiger partial charge in [-0.25, -0.2) is 0 Å². The van der Waals surface area contributed by atoms with Crippen LogP contribution >= 0.6 is 34.7 Å². The Balaban J connectivity index is 1.56. The van der Waals surface area contributed by atoms with Crippen LogP contribution in [0.25, 0.3) is 5.76 Å². The number of aliphatic hydroxyl groups is 1. The minimum absolute atomic E-state index is 0.121. The molecule has 4 aromatic rings. The predicted octanol–water partition coefficient (Wildman–Crippen LogP) is 5.41. The van der Waals surface area contributed by atoms with E-state index >= 15 is 0 Å². The third-order valence-electron chi connectivity index (χ3n) is 5.67. The van der Waals surface area contributed by atoms with Crippen molar-refractivity contribution in [2.75, 3.05) is 4.90 Å². The van der Waals surface area contributed by atoms with Gasteiger partial charge in [-0.2, -0.15) is 0 Å². The summed E-state index contributed by atoms with van der Waals surface area (Å²) < 4.78 is 0.545. The van der Waals surface area contributed by atoms with Gasteiger partial charge in [0.25, 0.3) is 11.5 Å². The Kier molecular flexibility index (Phi) is 7.18. The van der Waals surface area contributed by atoms with Crippen molar-refractivity contribution in [3.8, 4) is 0 Å². The molecule has 0 spiro atoms. The lowest BCUT2D eigenvalue weighted by Crippen LogP contribution is -2.29. The largest absolute Gasteiger partial charge is 0.507 e. The van der Waals surface area contributed by atoms with Crippen molar-refractivity contribution in [3.05, 3.63) is 110 Å². The van der Waals surface area contributed by atoms with E-state index in [4.69, 9.17) is 11.6 Å². The normalized spacial score (nSPS) is 16.7. The van der Waals surface area contributed by atoms with Crippen molar-refractivity contribution in [2.45, 2.75) is 16.1 Å². The smallest absolute Gasteiger partial charge is 0.301 e. The van der Waals surface area contributed by atoms with E-state index in [-0.39, 0.29) is 27.5 Å². The third-order valence-corrected chi connectivity index (χ3v) is 8.05. The fraction of sp³-hybridized carbons (Fsp3) is 0.0800. The number of benzene rings is 2. The number of hydrogen-bond acceptors (Lipinski definition) is 10. The van der Waals surface area contributed by atoms with E-state index in [9.17, 15) is 24.8 Å². The molecule has 0 bridgehead atoms. The SMILES string of the molecule is O=C1C(=O)N(c2nnc(SCc3ccc(Cl)cc3)s2)C(c2cccc([N+](=O)[O-])c2)C1=C(O)c1ccncc1. The monoisotopic (exact) mass is 565 g/mol. The van der Waals surface area contributed by atoms with Gasteiger partial charge >= 0.3 is 5.91 Å². The number of pyridine rings is 1. The Bertz CT molecular complexity index is 1580. The molecular weight excluding hydrogens is 550 g/mol. The van der Waals surface area contributed by atoms with E-state index in [0.29, 0.717) is 15.1 Å². The number of carbonyl (C=O) groups is 2. The highest BCUT2D eigenvalue weighted by Crippen LogP contribution is 2.44. The van der Waals surface area contributed by atoms with E-state index in [1.54, 1.807) is 18.2 Å². The van der Waals surface area contributed by atoms with Crippen molar-refractivity contribution < 1.29 is 19.6 Å². The molecule has 0 aliphatic carbocycles. The second-order valence-corrected chi connectivity index (χ2v) is 10.6. The molecule has 0 saturated carbocycles. The lowest BCUT2D eigenvalue weighted by atomic mass is 9.95. The second-order valence-electron chi connectivity index (χ2n) is 8.02. The van der Waals surface area contributed by atoms with Crippen LogP contribution in [0.15, 0.2) is 83.0 Å². The highest BCUT2D eigenvalue weighted by Gasteiger charge is 2.48. The average Bonchev–Trinajstić information content (AvgIpc) is 3.50. The van der Waals surface area contributed by atoms with Crippen LogP contribution in [-0.2, 0) is 15.3 Å². The van der Waals surface area contributed by atoms with E-state index in [1.807, 2.05) is 12.1 Å². The van der Waals surface area contributed by atoms with Crippen LogP contribution in [0.3, 0.4) is 0 Å². The Morgan fingerprint density at radius 3 is 2.55 bits per heavy atom. The van der Waals surface area contributed by atoms with Crippen LogP contribution < -0.4 is 4.90 Å². The van der Waals surface area contributed by atoms with Gasteiger partial charge in [-0.05, 0) is 35.4 Å². The van der Waals surface area contributed by atoms with Gasteiger partial charge in [0.1, 0.15) is 5.76 Å². The van der Waals surface area contributed by atoms with Crippen LogP contribution in [0, 0.1) is 10.1 Å². The maximum Gasteiger partial charge on any atom is 0.301 e. The van der Waals surface area contributed by atoms with Crippen LogP contribution in [0.5, 0.6) is 0 Å². The molecule has 1 aliphatic heterocycles. The molecule has 1 aliphatic rings. The summed E-state index contributed by atoms with van der Waals surface area (Å²) in [5.41, 5.74) is 1.09. The first kappa shape index (κ1) is 25.5. The fourth-order valence-electron chi connectivity index (χ4n) is 3.90. The van der Waals surface area contributed by atoms with E-state index in [1.165, 1.54) is 54.5 Å². The van der Waals surface area contributed by atoms with Gasteiger partial charge in [0, 0.05) is 40.9 Å². The molecule has 1 N–H and O–H groups in total. The van der Waals surface area contributed by atoms with Gasteiger partial charge in [0.2, 0.25) is 5.13 Å². The van der Waals surface area contributed by atoms with Crippen LogP contribution in [-0.4, -0.2) is 36.9 Å². The second kappa shape index (κ2) is 10.7. The molecule has 2 aromatic carbocycles. The first-order valence-corrected chi connectivity index (χ1v) is 13.2. The summed E-state index contributed by atoms with van der Waals surface area (Å²) >= 11 is 8.43. The molecule has 1 saturated heterocycles. The number of hydrogen-bond donors (Lipinski definition) is 1. The van der Waals surface area contributed by atoms with E-state index in [2.05, 4.69) is 15.2 Å². The van der Waals surface area contributed by atoms with Crippen molar-refractivity contribution in [3.63, 3.8) is 0 Å². The molecule has 1 fully saturated rings. The number of aliphatic hydroxyl groups excluding tert-OH is 1. The first-order chi connectivity index (χ1) is 18.3. The third kappa shape index (κ3) is 5.01. The highest BCUT2D eigenvalue weighted by molar-refractivity contribution is 8.00. The number of halogens is 1. The number of aromatic nitrogens is 3. The molecule has 1 unspecified atom stereocenters. The number of nitrogens with zero attached hydrogens (tertiary/aromatic N) is 5. The maximum absolute atomic E-state index is 13.3. The van der Waals surface area contributed by atoms with E-state index < -0.39 is 28.4 Å². The molecule has 0 radical (unpaired) electrons. The van der Waals surface area contributed by atoms with Crippen LogP contribution in [0.2, 0.25) is 5.02 Å². The summed E-state index contributed by atoms with van der Waals surface area (Å²) in [5.74, 6) is -1.73. The number of anilines is 1. The predicted molar refractivity (Wildman–Crippen MR) is 143 cm³/mol. The number of amides is 1. The Morgan fingerprint density at radius 1 is 1.11 bits per heavy atom. The molecule has 1 amide bonds. The molecule has 13 heteroatoms. The fourth-order valence-corrected chi connectivity index (χ4v) is 5.85. The Hall–Kier alpha value is -4.13. The molecule has 3 heterocycles. The topological polar surface area (TPSA) is 139 Å². The van der Waals surface area contributed by atoms with E-state index in [0.717, 1.165) is 21.8 Å². The van der Waals surface area contributed by atoms with Gasteiger partial charge in [0.05, 0.1) is 16.5 Å². The number of ketones is 1. The minimum atomic E-state index is -1.16. The average molecular weight is 566 g/mol. The minimum Gasteiger partial charge on any atom is -0.507 e. The number of Topliss-reactive ketones (excluding diaryl/α,β-unsaturated/α-hetero) is 1. The zero-order valence-electron chi connectivity index (χ0n) is 19.2. The summed E-state index contributed by atoms with van der Waals surface area (Å²) in [6.07, 6.45) is 2.87. The summed E-state index contributed by atoms with van der Waals surface area (Å²) in [4.78, 5) is 42.4. The molecule has 2 aromatic heterocycles. The molecule has 1 atom stereocenters. The standard InChI is InChI=1S/C25H16ClN5O5S2/c26-17-6-4-14(5-7-17)13-37-25-29-28-24(38-25)30-20(16-2-1-3-18(12-16)31(35)36)19(22(33)23(30)34)21(32)15-8-10-27-11-9-15/h1-12,20,32H,13H2. The zero-order valence-corrected chi connectivity index (χ0v) is 21.6. The van der Waals surface area contributed by atoms with Gasteiger partial charge in [-0.15, -0.1) is 10.2 Å². The Morgan fingerprint density at radius 2 is 1.84 bits per heavy atom. The van der Waals surface area contributed by atoms with Crippen LogP contribution in [0.4, 0.5) is 10.8 Å². The maximum atomic E-state index is 13.3. The van der Waals surface area contributed by atoms with Crippen molar-refractivity contribution in [1.29, 1.82) is 0 Å². The molecule has 38 heavy (non-hydrogen) atoms. The quantitative estimate of drug-likeness (QED) is 0.0592. The van der Waals surface area contributed by atoms with Crippen molar-refractivity contribution >= 4 is 63.0 Å². The molecule has 10 nitrogen and oxygen atoms in total. The summed E-state index contributed by atoms with van der Waals surface area (Å²) in [6.45, 7) is 0. The van der Waals surface area contributed by atoms with Gasteiger partial charge in [-0.1, -0.05) is 59.0 Å². The van der Waals surface area contributed by atoms with Gasteiger partial charge < -0.3 is 5.11 Å². The molecule has 5 rings (SSSR count). The molecule has 190 valence electrons. The molecular formula is C25H16ClN5O5S2. The van der Waals surface area contributed by atoms with Gasteiger partial charge in [0.15, 0.2) is 4.34 Å². The lowest BCUT2D eigenvalue weighted by Gasteiger charge is -2.22. The Labute approximate surface area is 228 Å². The number of non-ortho nitro benzene ring substituents is 1. The summed E-state index contributed by atoms with van der Waals surface area (Å²) in [6, 6.07) is 14.7. The van der Waals surface area contributed by atoms with Crippen molar-refractivity contribution in [2.24, 2.45) is 0 Å². The highest BCUT2D eigenvalue weighted by atomic mass is 35.5. The number of carbonyl (C=O) groups excluding carboxylic acids is 2. The summed E-state index contributed by atoms with van der Waals surface area (Å²) in [5, 5.41) is 31.6. The zero-order chi connectivity index (χ0) is 26.8. The number of nitro groups is 1. The summed E-state index contributed by atoms with van der Waals surface area (Å²) in [7, 11) is 0. The number of thioether (sulfide) groups is 1. The first-order valence-electron chi connectivity index (χ1n) is 11.0. The lowest BCUT2D eigenvalue weighted by molar-refractivity contribution is -0.384. The van der Waals surface area contributed by atoms with Gasteiger partial charge in [-0.3, -0.25) is 29.6 Å². The number of rotatable bonds is 7. The van der Waals surface area contributed by atoms with Crippen LogP contribution in [0.1, 0.15) is 22.7 Å². The number of nitro benzene ring substituents is 1.